The quantitative estimate of drug-likeness (QED) is 0.482. The first-order chi connectivity index (χ1) is 8.29. The Hall–Kier alpha value is -0.521. The van der Waals surface area contributed by atoms with Gasteiger partial charge in [-0.2, -0.15) is 0 Å². The molecule has 0 N–H and O–H groups in total. The Morgan fingerprint density at radius 3 is 2.35 bits per heavy atom. The predicted octanol–water partition coefficient (Wildman–Crippen LogP) is 5.14. The average molecular weight is 295 g/mol. The van der Waals surface area contributed by atoms with Gasteiger partial charge in [0.2, 0.25) is 0 Å². The van der Waals surface area contributed by atoms with Crippen molar-refractivity contribution in [2.24, 2.45) is 0 Å². The van der Waals surface area contributed by atoms with E-state index in [1.807, 2.05) is 0 Å². The molecule has 94 valence electrons. The van der Waals surface area contributed by atoms with Gasteiger partial charge in [0, 0.05) is 0 Å². The zero-order valence-electron chi connectivity index (χ0n) is 11.3. The first-order valence-electron chi connectivity index (χ1n) is 6.67. The van der Waals surface area contributed by atoms with Crippen LogP contribution in [-0.4, -0.2) is 15.0 Å². The molecule has 0 unspecified atom stereocenters. The summed E-state index contributed by atoms with van der Waals surface area (Å²) >= 11 is 0.691. The Balaban J connectivity index is 2.79. The Labute approximate surface area is 113 Å². The molecular formula is C16H24Se. The molecular weight excluding hydrogens is 271 g/mol. The maximum atomic E-state index is 2.34. The van der Waals surface area contributed by atoms with E-state index in [0.717, 1.165) is 0 Å². The van der Waals surface area contributed by atoms with Gasteiger partial charge >= 0.3 is 113 Å². The number of benzene rings is 1. The van der Waals surface area contributed by atoms with E-state index in [1.54, 1.807) is 10.0 Å². The second-order valence-electron chi connectivity index (χ2n) is 4.35. The Morgan fingerprint density at radius 2 is 1.76 bits per heavy atom. The van der Waals surface area contributed by atoms with Gasteiger partial charge in [0.15, 0.2) is 0 Å². The van der Waals surface area contributed by atoms with Gasteiger partial charge in [-0.25, -0.2) is 0 Å². The molecule has 0 bridgehead atoms. The van der Waals surface area contributed by atoms with Crippen LogP contribution >= 0.6 is 0 Å². The van der Waals surface area contributed by atoms with Gasteiger partial charge in [-0.15, -0.1) is 0 Å². The Bertz CT molecular complexity index is 338. The minimum atomic E-state index is 0.691. The van der Waals surface area contributed by atoms with Crippen LogP contribution in [0.3, 0.4) is 0 Å². The van der Waals surface area contributed by atoms with Crippen LogP contribution in [0.5, 0.6) is 0 Å². The van der Waals surface area contributed by atoms with E-state index in [2.05, 4.69) is 51.1 Å². The Kier molecular flexibility index (Phi) is 7.32. The third-order valence-corrected chi connectivity index (χ3v) is 5.32. The van der Waals surface area contributed by atoms with Crippen LogP contribution in [0.4, 0.5) is 0 Å². The monoisotopic (exact) mass is 296 g/mol. The van der Waals surface area contributed by atoms with Crippen LogP contribution in [0, 0.1) is 0 Å². The fourth-order valence-corrected chi connectivity index (χ4v) is 4.25. The number of rotatable bonds is 7. The summed E-state index contributed by atoms with van der Waals surface area (Å²) in [5, 5.41) is 1.40. The van der Waals surface area contributed by atoms with Crippen LogP contribution in [0.25, 0.3) is 5.57 Å². The van der Waals surface area contributed by atoms with Gasteiger partial charge in [0.1, 0.15) is 0 Å². The van der Waals surface area contributed by atoms with Crippen LogP contribution in [0.2, 0.25) is 5.32 Å². The van der Waals surface area contributed by atoms with E-state index in [-0.39, 0.29) is 0 Å². The van der Waals surface area contributed by atoms with Gasteiger partial charge in [-0.3, -0.25) is 0 Å². The van der Waals surface area contributed by atoms with Gasteiger partial charge in [0.25, 0.3) is 0 Å². The average Bonchev–Trinajstić information content (AvgIpc) is 2.37. The van der Waals surface area contributed by atoms with E-state index in [4.69, 9.17) is 0 Å². The summed E-state index contributed by atoms with van der Waals surface area (Å²) in [6.07, 6.45) is 5.17. The van der Waals surface area contributed by atoms with Crippen LogP contribution < -0.4 is 0 Å². The predicted molar refractivity (Wildman–Crippen MR) is 79.4 cm³/mol. The molecule has 17 heavy (non-hydrogen) atoms. The van der Waals surface area contributed by atoms with Crippen LogP contribution in [0.1, 0.15) is 52.0 Å². The number of hydrogen-bond acceptors (Lipinski definition) is 0. The first kappa shape index (κ1) is 14.5. The van der Waals surface area contributed by atoms with E-state index in [1.165, 1.54) is 36.6 Å². The molecule has 0 aliphatic heterocycles. The van der Waals surface area contributed by atoms with Crippen molar-refractivity contribution in [1.82, 2.24) is 0 Å². The molecule has 1 heteroatoms. The maximum absolute atomic E-state index is 2.34. The molecule has 0 nitrogen and oxygen atoms in total. The van der Waals surface area contributed by atoms with E-state index in [9.17, 15) is 0 Å². The number of unbranched alkanes of at least 4 members (excludes halogenated alkanes) is 1. The molecule has 0 saturated carbocycles. The van der Waals surface area contributed by atoms with Crippen molar-refractivity contribution in [3.05, 3.63) is 40.4 Å². The molecule has 0 aliphatic carbocycles. The zero-order chi connectivity index (χ0) is 12.5. The van der Waals surface area contributed by atoms with Crippen molar-refractivity contribution >= 4 is 20.5 Å². The fourth-order valence-electron chi connectivity index (χ4n) is 1.87. The van der Waals surface area contributed by atoms with Crippen molar-refractivity contribution in [3.63, 3.8) is 0 Å². The summed E-state index contributed by atoms with van der Waals surface area (Å²) < 4.78 is 1.65. The van der Waals surface area contributed by atoms with E-state index >= 15 is 0 Å². The van der Waals surface area contributed by atoms with Gasteiger partial charge in [-0.05, 0) is 0 Å². The summed E-state index contributed by atoms with van der Waals surface area (Å²) in [6, 6.07) is 10.9. The molecule has 0 fully saturated rings. The van der Waals surface area contributed by atoms with Gasteiger partial charge in [0.05, 0.1) is 0 Å². The Morgan fingerprint density at radius 1 is 1.06 bits per heavy atom. The molecule has 0 aromatic heterocycles. The zero-order valence-corrected chi connectivity index (χ0v) is 13.0. The number of allylic oxidation sites excluding steroid dienone is 2. The molecule has 1 aromatic carbocycles. The SMILES string of the molecule is CCCC[Se]/C(C)=C(\CCC)c1ccccc1. The summed E-state index contributed by atoms with van der Waals surface area (Å²) in [6.45, 7) is 6.89. The van der Waals surface area contributed by atoms with Crippen molar-refractivity contribution in [2.75, 3.05) is 0 Å². The van der Waals surface area contributed by atoms with Crippen LogP contribution in [0.15, 0.2) is 34.8 Å². The van der Waals surface area contributed by atoms with Gasteiger partial charge in [-0.1, -0.05) is 0 Å². The summed E-state index contributed by atoms with van der Waals surface area (Å²) in [4.78, 5) is 0. The van der Waals surface area contributed by atoms with E-state index in [0.29, 0.717) is 15.0 Å². The number of hydrogen-bond donors (Lipinski definition) is 0. The second-order valence-corrected chi connectivity index (χ2v) is 7.10. The van der Waals surface area contributed by atoms with Gasteiger partial charge < -0.3 is 0 Å². The second kappa shape index (κ2) is 8.55. The van der Waals surface area contributed by atoms with Crippen molar-refractivity contribution in [3.8, 4) is 0 Å². The molecule has 1 aromatic rings. The molecule has 0 aliphatic rings. The summed E-state index contributed by atoms with van der Waals surface area (Å²) in [5.41, 5.74) is 3.04. The van der Waals surface area contributed by atoms with Crippen molar-refractivity contribution in [2.45, 2.75) is 51.8 Å². The topological polar surface area (TPSA) is 0 Å². The fraction of sp³-hybridized carbons (Fsp3) is 0.500. The third-order valence-electron chi connectivity index (χ3n) is 2.86. The molecule has 0 heterocycles. The standard InChI is InChI=1S/C16H24Se/c1-4-6-13-17-14(3)16(10-5-2)15-11-8-7-9-12-15/h7-9,11-12H,4-6,10,13H2,1-3H3/b16-14+. The summed E-state index contributed by atoms with van der Waals surface area (Å²) in [5.74, 6) is 0. The molecule has 0 saturated heterocycles. The minimum absolute atomic E-state index is 0.691. The third kappa shape index (κ3) is 5.10. The van der Waals surface area contributed by atoms with Crippen molar-refractivity contribution < 1.29 is 0 Å². The van der Waals surface area contributed by atoms with E-state index < -0.39 is 0 Å². The molecule has 0 atom stereocenters. The normalized spacial score (nSPS) is 12.4. The first-order valence-corrected chi connectivity index (χ1v) is 8.74. The molecule has 0 radical (unpaired) electrons. The molecule has 0 spiro atoms. The molecule has 1 rings (SSSR count). The summed E-state index contributed by atoms with van der Waals surface area (Å²) in [7, 11) is 0. The molecule has 0 amide bonds. The van der Waals surface area contributed by atoms with Crippen LogP contribution in [-0.2, 0) is 0 Å². The van der Waals surface area contributed by atoms with Crippen molar-refractivity contribution in [1.29, 1.82) is 0 Å².